The Labute approximate surface area is 154 Å². The van der Waals surface area contributed by atoms with E-state index in [4.69, 9.17) is 0 Å². The highest BCUT2D eigenvalue weighted by molar-refractivity contribution is 5.82. The van der Waals surface area contributed by atoms with Gasteiger partial charge in [0.25, 0.3) is 0 Å². The number of amides is 2. The van der Waals surface area contributed by atoms with Gasteiger partial charge in [0.05, 0.1) is 0 Å². The zero-order chi connectivity index (χ0) is 18.9. The van der Waals surface area contributed by atoms with Crippen LogP contribution in [0.2, 0.25) is 0 Å². The lowest BCUT2D eigenvalue weighted by Crippen LogP contribution is -2.47. The Morgan fingerprint density at radius 3 is 1.85 bits per heavy atom. The van der Waals surface area contributed by atoms with Crippen molar-refractivity contribution in [2.75, 3.05) is 6.54 Å². The van der Waals surface area contributed by atoms with Crippen LogP contribution in [-0.4, -0.2) is 29.7 Å². The summed E-state index contributed by atoms with van der Waals surface area (Å²) in [6.45, 7) is 4.24. The Morgan fingerprint density at radius 2 is 1.42 bits per heavy atom. The number of hydrogen-bond acceptors (Lipinski definition) is 2. The van der Waals surface area contributed by atoms with Gasteiger partial charge < -0.3 is 15.7 Å². The lowest BCUT2D eigenvalue weighted by Gasteiger charge is -2.21. The Balaban J connectivity index is 2.05. The van der Waals surface area contributed by atoms with E-state index in [0.29, 0.717) is 13.0 Å². The average molecular weight is 354 g/mol. The first-order valence-corrected chi connectivity index (χ1v) is 8.84. The van der Waals surface area contributed by atoms with Crippen molar-refractivity contribution in [3.63, 3.8) is 0 Å². The van der Waals surface area contributed by atoms with Gasteiger partial charge in [0.15, 0.2) is 0 Å². The van der Waals surface area contributed by atoms with E-state index in [1.54, 1.807) is 0 Å². The molecule has 0 saturated heterocycles. The summed E-state index contributed by atoms with van der Waals surface area (Å²) >= 11 is 0. The summed E-state index contributed by atoms with van der Waals surface area (Å²) in [7, 11) is 0. The molecule has 2 aromatic carbocycles. The second-order valence-electron chi connectivity index (χ2n) is 6.75. The van der Waals surface area contributed by atoms with Gasteiger partial charge in [-0.2, -0.15) is 0 Å². The summed E-state index contributed by atoms with van der Waals surface area (Å²) < 4.78 is 0. The number of hydrogen-bond donors (Lipinski definition) is 3. The number of aliphatic carboxylic acids is 1. The maximum Gasteiger partial charge on any atom is 0.326 e. The van der Waals surface area contributed by atoms with Crippen LogP contribution in [0.3, 0.4) is 0 Å². The molecule has 138 valence electrons. The molecule has 1 unspecified atom stereocenters. The predicted octanol–water partition coefficient (Wildman–Crippen LogP) is 3.62. The van der Waals surface area contributed by atoms with E-state index in [0.717, 1.165) is 11.1 Å². The van der Waals surface area contributed by atoms with E-state index in [1.807, 2.05) is 74.5 Å². The molecule has 0 aliphatic heterocycles. The maximum absolute atomic E-state index is 12.2. The molecule has 1 atom stereocenters. The first kappa shape index (κ1) is 19.5. The normalized spacial score (nSPS) is 12.0. The van der Waals surface area contributed by atoms with Crippen LogP contribution >= 0.6 is 0 Å². The van der Waals surface area contributed by atoms with Crippen molar-refractivity contribution in [1.29, 1.82) is 0 Å². The number of rotatable bonds is 8. The molecular weight excluding hydrogens is 328 g/mol. The van der Waals surface area contributed by atoms with Gasteiger partial charge in [0.1, 0.15) is 6.04 Å². The fourth-order valence-electron chi connectivity index (χ4n) is 2.90. The molecule has 2 rings (SSSR count). The van der Waals surface area contributed by atoms with Crippen molar-refractivity contribution in [2.45, 2.75) is 32.2 Å². The summed E-state index contributed by atoms with van der Waals surface area (Å²) in [6, 6.07) is 18.5. The van der Waals surface area contributed by atoms with Gasteiger partial charge in [-0.1, -0.05) is 74.5 Å². The molecule has 2 aromatic rings. The van der Waals surface area contributed by atoms with E-state index in [1.165, 1.54) is 0 Å². The number of carbonyl (C=O) groups is 2. The van der Waals surface area contributed by atoms with Crippen molar-refractivity contribution in [3.05, 3.63) is 71.8 Å². The monoisotopic (exact) mass is 354 g/mol. The van der Waals surface area contributed by atoms with E-state index in [-0.39, 0.29) is 11.8 Å². The second-order valence-corrected chi connectivity index (χ2v) is 6.75. The van der Waals surface area contributed by atoms with Gasteiger partial charge >= 0.3 is 12.0 Å². The van der Waals surface area contributed by atoms with Crippen LogP contribution in [-0.2, 0) is 4.79 Å². The SMILES string of the molecule is CC(C)CC(NC(=O)NCC(c1ccccc1)c1ccccc1)C(=O)O. The van der Waals surface area contributed by atoms with Gasteiger partial charge in [0.2, 0.25) is 0 Å². The summed E-state index contributed by atoms with van der Waals surface area (Å²) in [6.07, 6.45) is 0.392. The van der Waals surface area contributed by atoms with Gasteiger partial charge in [0, 0.05) is 12.5 Å². The first-order valence-electron chi connectivity index (χ1n) is 8.84. The molecule has 26 heavy (non-hydrogen) atoms. The number of carboxylic acid groups (broad SMARTS) is 1. The van der Waals surface area contributed by atoms with Gasteiger partial charge in [-0.15, -0.1) is 0 Å². The van der Waals surface area contributed by atoms with Gasteiger partial charge in [-0.3, -0.25) is 0 Å². The zero-order valence-electron chi connectivity index (χ0n) is 15.2. The molecule has 0 spiro atoms. The number of nitrogens with one attached hydrogen (secondary N) is 2. The molecule has 0 radical (unpaired) electrons. The number of carbonyl (C=O) groups excluding carboxylic acids is 1. The predicted molar refractivity (Wildman–Crippen MR) is 102 cm³/mol. The minimum Gasteiger partial charge on any atom is -0.480 e. The zero-order valence-corrected chi connectivity index (χ0v) is 15.2. The molecule has 0 fully saturated rings. The lowest BCUT2D eigenvalue weighted by molar-refractivity contribution is -0.139. The van der Waals surface area contributed by atoms with E-state index in [9.17, 15) is 14.7 Å². The fourth-order valence-corrected chi connectivity index (χ4v) is 2.90. The lowest BCUT2D eigenvalue weighted by atomic mass is 9.91. The van der Waals surface area contributed by atoms with Crippen molar-refractivity contribution in [3.8, 4) is 0 Å². The Kier molecular flexibility index (Phi) is 7.21. The molecule has 0 bridgehead atoms. The van der Waals surface area contributed by atoms with Crippen molar-refractivity contribution in [2.24, 2.45) is 5.92 Å². The third-order valence-electron chi connectivity index (χ3n) is 4.18. The van der Waals surface area contributed by atoms with Crippen LogP contribution in [0.5, 0.6) is 0 Å². The highest BCUT2D eigenvalue weighted by atomic mass is 16.4. The molecule has 3 N–H and O–H groups in total. The van der Waals surface area contributed by atoms with Crippen LogP contribution in [0.25, 0.3) is 0 Å². The van der Waals surface area contributed by atoms with Crippen LogP contribution in [0.15, 0.2) is 60.7 Å². The number of urea groups is 1. The molecule has 0 saturated carbocycles. The third kappa shape index (κ3) is 5.92. The molecule has 0 heterocycles. The molecule has 5 nitrogen and oxygen atoms in total. The van der Waals surface area contributed by atoms with Crippen LogP contribution in [0.1, 0.15) is 37.3 Å². The van der Waals surface area contributed by atoms with Crippen LogP contribution < -0.4 is 10.6 Å². The van der Waals surface area contributed by atoms with E-state index >= 15 is 0 Å². The largest absolute Gasteiger partial charge is 0.480 e. The minimum atomic E-state index is -1.02. The third-order valence-corrected chi connectivity index (χ3v) is 4.18. The highest BCUT2D eigenvalue weighted by Crippen LogP contribution is 2.23. The number of carboxylic acids is 1. The maximum atomic E-state index is 12.2. The quantitative estimate of drug-likeness (QED) is 0.677. The molecule has 0 aliphatic rings. The molecule has 0 aromatic heterocycles. The summed E-state index contributed by atoms with van der Waals surface area (Å²) in [5.41, 5.74) is 2.19. The van der Waals surface area contributed by atoms with Gasteiger partial charge in [-0.25, -0.2) is 9.59 Å². The van der Waals surface area contributed by atoms with Gasteiger partial charge in [-0.05, 0) is 23.5 Å². The topological polar surface area (TPSA) is 78.4 Å². The molecule has 5 heteroatoms. The molecule has 2 amide bonds. The van der Waals surface area contributed by atoms with E-state index in [2.05, 4.69) is 10.6 Å². The van der Waals surface area contributed by atoms with E-state index < -0.39 is 18.0 Å². The van der Waals surface area contributed by atoms with Crippen LogP contribution in [0, 0.1) is 5.92 Å². The van der Waals surface area contributed by atoms with Crippen molar-refractivity contribution in [1.82, 2.24) is 10.6 Å². The molecular formula is C21H26N2O3. The second kappa shape index (κ2) is 9.61. The summed E-state index contributed by atoms with van der Waals surface area (Å²) in [5, 5.41) is 14.6. The summed E-state index contributed by atoms with van der Waals surface area (Å²) in [5.74, 6) is -0.842. The van der Waals surface area contributed by atoms with Crippen LogP contribution in [0.4, 0.5) is 4.79 Å². The number of benzene rings is 2. The standard InChI is InChI=1S/C21H26N2O3/c1-15(2)13-19(20(24)25)23-21(26)22-14-18(16-9-5-3-6-10-16)17-11-7-4-8-12-17/h3-12,15,18-19H,13-14H2,1-2H3,(H,24,25)(H2,22,23,26). The Hall–Kier alpha value is -2.82. The fraction of sp³-hybridized carbons (Fsp3) is 0.333. The van der Waals surface area contributed by atoms with Crippen molar-refractivity contribution >= 4 is 12.0 Å². The average Bonchev–Trinajstić information content (AvgIpc) is 2.62. The first-order chi connectivity index (χ1) is 12.5. The van der Waals surface area contributed by atoms with Crippen molar-refractivity contribution < 1.29 is 14.7 Å². The molecule has 0 aliphatic carbocycles. The highest BCUT2D eigenvalue weighted by Gasteiger charge is 2.22. The Morgan fingerprint density at radius 1 is 0.923 bits per heavy atom. The summed E-state index contributed by atoms with van der Waals surface area (Å²) in [4.78, 5) is 23.5. The minimum absolute atomic E-state index is 0.00322. The smallest absolute Gasteiger partial charge is 0.326 e. The Bertz CT molecular complexity index is 662.